The van der Waals surface area contributed by atoms with Crippen LogP contribution in [0.2, 0.25) is 0 Å². The molecule has 0 aliphatic carbocycles. The van der Waals surface area contributed by atoms with Crippen LogP contribution in [0.1, 0.15) is 31.1 Å². The maximum absolute atomic E-state index is 12.9. The summed E-state index contributed by atoms with van der Waals surface area (Å²) in [6.07, 6.45) is -0.488. The molecular weight excluding hydrogens is 312 g/mol. The van der Waals surface area contributed by atoms with Crippen molar-refractivity contribution in [2.24, 2.45) is 0 Å². The van der Waals surface area contributed by atoms with Gasteiger partial charge in [-0.15, -0.1) is 0 Å². The van der Waals surface area contributed by atoms with Gasteiger partial charge in [-0.2, -0.15) is 0 Å². The van der Waals surface area contributed by atoms with Gasteiger partial charge in [0.15, 0.2) is 9.84 Å². The number of carbonyl (C=O) groups is 1. The van der Waals surface area contributed by atoms with Crippen LogP contribution in [0.5, 0.6) is 0 Å². The summed E-state index contributed by atoms with van der Waals surface area (Å²) in [6, 6.07) is 16.9. The number of ether oxygens (including phenoxy) is 1. The molecule has 0 aliphatic heterocycles. The van der Waals surface area contributed by atoms with E-state index in [1.807, 2.05) is 6.07 Å². The maximum Gasteiger partial charge on any atom is 0.307 e. The maximum atomic E-state index is 12.9. The number of sulfone groups is 1. The molecule has 0 N–H and O–H groups in total. The Hall–Kier alpha value is -2.14. The first-order valence-corrected chi connectivity index (χ1v) is 8.99. The smallest absolute Gasteiger partial charge is 0.307 e. The van der Waals surface area contributed by atoms with Gasteiger partial charge in [-0.1, -0.05) is 48.5 Å². The summed E-state index contributed by atoms with van der Waals surface area (Å²) in [5.41, 5.74) is 0.581. The fourth-order valence-electron chi connectivity index (χ4n) is 2.31. The van der Waals surface area contributed by atoms with Crippen LogP contribution in [0.3, 0.4) is 0 Å². The highest BCUT2D eigenvalue weighted by atomic mass is 32.2. The molecule has 0 fully saturated rings. The Morgan fingerprint density at radius 3 is 2.00 bits per heavy atom. The summed E-state index contributed by atoms with van der Waals surface area (Å²) in [7, 11) is -3.69. The van der Waals surface area contributed by atoms with Gasteiger partial charge >= 0.3 is 5.97 Å². The Morgan fingerprint density at radius 1 is 0.957 bits per heavy atom. The van der Waals surface area contributed by atoms with E-state index >= 15 is 0 Å². The van der Waals surface area contributed by atoms with E-state index in [1.54, 1.807) is 68.4 Å². The molecular formula is C18H20O4S. The largest absolute Gasteiger partial charge is 0.463 e. The van der Waals surface area contributed by atoms with Crippen LogP contribution in [0, 0.1) is 0 Å². The number of carbonyl (C=O) groups excluding carboxylic acids is 1. The highest BCUT2D eigenvalue weighted by Crippen LogP contribution is 2.32. The van der Waals surface area contributed by atoms with E-state index in [4.69, 9.17) is 4.74 Å². The third kappa shape index (κ3) is 4.42. The van der Waals surface area contributed by atoms with Crippen molar-refractivity contribution in [3.05, 3.63) is 66.2 Å². The zero-order chi connectivity index (χ0) is 16.9. The minimum atomic E-state index is -3.69. The van der Waals surface area contributed by atoms with Gasteiger partial charge in [0.2, 0.25) is 0 Å². The van der Waals surface area contributed by atoms with Gasteiger partial charge in [0.1, 0.15) is 5.25 Å². The minimum absolute atomic E-state index is 0.200. The van der Waals surface area contributed by atoms with Crippen molar-refractivity contribution in [3.8, 4) is 0 Å². The average Bonchev–Trinajstić information content (AvgIpc) is 2.53. The first-order chi connectivity index (χ1) is 10.9. The van der Waals surface area contributed by atoms with E-state index in [9.17, 15) is 13.2 Å². The first kappa shape index (κ1) is 17.2. The highest BCUT2D eigenvalue weighted by molar-refractivity contribution is 7.91. The molecule has 0 bridgehead atoms. The van der Waals surface area contributed by atoms with Crippen molar-refractivity contribution in [1.82, 2.24) is 0 Å². The molecule has 5 heteroatoms. The highest BCUT2D eigenvalue weighted by Gasteiger charge is 2.31. The van der Waals surface area contributed by atoms with Crippen LogP contribution in [-0.2, 0) is 19.4 Å². The molecule has 0 saturated heterocycles. The Morgan fingerprint density at radius 2 is 1.48 bits per heavy atom. The third-order valence-corrected chi connectivity index (χ3v) is 5.45. The normalized spacial score (nSPS) is 12.8. The van der Waals surface area contributed by atoms with Gasteiger partial charge in [0, 0.05) is 0 Å². The molecule has 122 valence electrons. The number of hydrogen-bond donors (Lipinski definition) is 0. The van der Waals surface area contributed by atoms with E-state index in [0.717, 1.165) is 0 Å². The van der Waals surface area contributed by atoms with Crippen molar-refractivity contribution >= 4 is 15.8 Å². The van der Waals surface area contributed by atoms with E-state index in [1.165, 1.54) is 0 Å². The van der Waals surface area contributed by atoms with Crippen LogP contribution in [0.4, 0.5) is 0 Å². The predicted molar refractivity (Wildman–Crippen MR) is 88.7 cm³/mol. The fourth-order valence-corrected chi connectivity index (χ4v) is 4.05. The number of esters is 1. The molecule has 2 aromatic rings. The molecule has 1 unspecified atom stereocenters. The van der Waals surface area contributed by atoms with Crippen molar-refractivity contribution in [3.63, 3.8) is 0 Å². The van der Waals surface area contributed by atoms with E-state index in [2.05, 4.69) is 0 Å². The average molecular weight is 332 g/mol. The summed E-state index contributed by atoms with van der Waals surface area (Å²) in [5, 5.41) is -0.961. The molecule has 0 radical (unpaired) electrons. The SMILES string of the molecule is CC(C)OC(=O)CC(c1ccccc1)S(=O)(=O)c1ccccc1. The number of rotatable bonds is 6. The summed E-state index contributed by atoms with van der Waals surface area (Å²) >= 11 is 0. The molecule has 23 heavy (non-hydrogen) atoms. The topological polar surface area (TPSA) is 60.4 Å². The molecule has 0 aromatic heterocycles. The lowest BCUT2D eigenvalue weighted by atomic mass is 10.1. The Labute approximate surface area is 137 Å². The quantitative estimate of drug-likeness (QED) is 0.759. The van der Waals surface area contributed by atoms with E-state index in [0.29, 0.717) is 5.56 Å². The van der Waals surface area contributed by atoms with E-state index in [-0.39, 0.29) is 17.4 Å². The van der Waals surface area contributed by atoms with Crippen LogP contribution in [-0.4, -0.2) is 20.5 Å². The zero-order valence-corrected chi connectivity index (χ0v) is 14.0. The van der Waals surface area contributed by atoms with Gasteiger partial charge in [-0.25, -0.2) is 8.42 Å². The van der Waals surface area contributed by atoms with Gasteiger partial charge in [-0.05, 0) is 31.5 Å². The van der Waals surface area contributed by atoms with Crippen LogP contribution < -0.4 is 0 Å². The minimum Gasteiger partial charge on any atom is -0.463 e. The van der Waals surface area contributed by atoms with Gasteiger partial charge < -0.3 is 4.74 Å². The molecule has 2 aromatic carbocycles. The second-order valence-corrected chi connectivity index (χ2v) is 7.63. The molecule has 0 aliphatic rings. The van der Waals surface area contributed by atoms with Crippen LogP contribution in [0.25, 0.3) is 0 Å². The molecule has 0 spiro atoms. The van der Waals surface area contributed by atoms with Gasteiger partial charge in [-0.3, -0.25) is 4.79 Å². The molecule has 0 amide bonds. The predicted octanol–water partition coefficient (Wildman–Crippen LogP) is 3.54. The molecule has 0 heterocycles. The Balaban J connectivity index is 2.40. The summed E-state index contributed by atoms with van der Waals surface area (Å²) in [5.74, 6) is -0.520. The van der Waals surface area contributed by atoms with Crippen LogP contribution in [0.15, 0.2) is 65.6 Å². The molecule has 2 rings (SSSR count). The first-order valence-electron chi connectivity index (χ1n) is 7.44. The monoisotopic (exact) mass is 332 g/mol. The van der Waals surface area contributed by atoms with Crippen LogP contribution >= 0.6 is 0 Å². The van der Waals surface area contributed by atoms with Gasteiger partial charge in [0.05, 0.1) is 17.4 Å². The standard InChI is InChI=1S/C18H20O4S/c1-14(2)22-18(19)13-17(15-9-5-3-6-10-15)23(20,21)16-11-7-4-8-12-16/h3-12,14,17H,13H2,1-2H3. The lowest BCUT2D eigenvalue weighted by Crippen LogP contribution is -2.20. The Kier molecular flexibility index (Phi) is 5.55. The molecule has 1 atom stereocenters. The summed E-state index contributed by atoms with van der Waals surface area (Å²) in [6.45, 7) is 3.47. The number of benzene rings is 2. The lowest BCUT2D eigenvalue weighted by molar-refractivity contribution is -0.147. The van der Waals surface area contributed by atoms with Gasteiger partial charge in [0.25, 0.3) is 0 Å². The van der Waals surface area contributed by atoms with Crippen molar-refractivity contribution in [2.75, 3.05) is 0 Å². The van der Waals surface area contributed by atoms with Crippen molar-refractivity contribution in [2.45, 2.75) is 36.5 Å². The second kappa shape index (κ2) is 7.42. The van der Waals surface area contributed by atoms with Crippen molar-refractivity contribution < 1.29 is 17.9 Å². The second-order valence-electron chi connectivity index (χ2n) is 5.50. The molecule has 4 nitrogen and oxygen atoms in total. The third-order valence-electron chi connectivity index (χ3n) is 3.34. The molecule has 0 saturated carbocycles. The van der Waals surface area contributed by atoms with Crippen molar-refractivity contribution in [1.29, 1.82) is 0 Å². The summed E-state index contributed by atoms with van der Waals surface area (Å²) < 4.78 is 31.0. The fraction of sp³-hybridized carbons (Fsp3) is 0.278. The lowest BCUT2D eigenvalue weighted by Gasteiger charge is -2.18. The summed E-state index contributed by atoms with van der Waals surface area (Å²) in [4.78, 5) is 12.2. The van der Waals surface area contributed by atoms with E-state index < -0.39 is 21.1 Å². The zero-order valence-electron chi connectivity index (χ0n) is 13.2. The number of hydrogen-bond acceptors (Lipinski definition) is 4. The Bertz CT molecular complexity index is 737.